The Bertz CT molecular complexity index is 617. The summed E-state index contributed by atoms with van der Waals surface area (Å²) in [6.45, 7) is -0.197. The van der Waals surface area contributed by atoms with Crippen molar-refractivity contribution in [1.29, 1.82) is 0 Å². The van der Waals surface area contributed by atoms with Crippen LogP contribution < -0.4 is 4.74 Å². The molecule has 0 spiro atoms. The van der Waals surface area contributed by atoms with Crippen LogP contribution in [0.4, 0.5) is 0 Å². The summed E-state index contributed by atoms with van der Waals surface area (Å²) in [5, 5.41) is 10.5. The zero-order valence-corrected chi connectivity index (χ0v) is 12.2. The number of benzene rings is 1. The molecule has 19 heavy (non-hydrogen) atoms. The van der Waals surface area contributed by atoms with Crippen molar-refractivity contribution in [3.63, 3.8) is 0 Å². The van der Waals surface area contributed by atoms with Gasteiger partial charge in [0, 0.05) is 22.9 Å². The molecular formula is C13H10Cl3NO2. The van der Waals surface area contributed by atoms with Crippen molar-refractivity contribution in [1.82, 2.24) is 4.98 Å². The highest BCUT2D eigenvalue weighted by molar-refractivity contribution is 6.49. The number of aliphatic hydroxyl groups is 1. The van der Waals surface area contributed by atoms with Gasteiger partial charge in [0.25, 0.3) is 0 Å². The van der Waals surface area contributed by atoms with E-state index in [9.17, 15) is 5.11 Å². The van der Waals surface area contributed by atoms with Crippen molar-refractivity contribution >= 4 is 34.8 Å². The number of pyridine rings is 1. The molecule has 0 unspecified atom stereocenters. The van der Waals surface area contributed by atoms with Crippen molar-refractivity contribution in [2.75, 3.05) is 7.11 Å². The van der Waals surface area contributed by atoms with Crippen molar-refractivity contribution in [2.24, 2.45) is 0 Å². The van der Waals surface area contributed by atoms with E-state index in [1.807, 2.05) is 0 Å². The number of hydrogen-bond acceptors (Lipinski definition) is 3. The van der Waals surface area contributed by atoms with Crippen LogP contribution in [0.25, 0.3) is 11.1 Å². The quantitative estimate of drug-likeness (QED) is 0.862. The van der Waals surface area contributed by atoms with Crippen LogP contribution in [-0.2, 0) is 6.61 Å². The molecule has 1 N–H and O–H groups in total. The minimum atomic E-state index is -0.197. The van der Waals surface area contributed by atoms with E-state index in [1.165, 1.54) is 13.3 Å². The lowest BCUT2D eigenvalue weighted by molar-refractivity contribution is 0.274. The van der Waals surface area contributed by atoms with Gasteiger partial charge in [-0.25, -0.2) is 0 Å². The highest BCUT2D eigenvalue weighted by Crippen LogP contribution is 2.40. The highest BCUT2D eigenvalue weighted by atomic mass is 35.5. The zero-order valence-electron chi connectivity index (χ0n) is 9.95. The predicted octanol–water partition coefficient (Wildman–Crippen LogP) is 4.21. The average molecular weight is 319 g/mol. The number of aromatic nitrogens is 1. The number of rotatable bonds is 3. The van der Waals surface area contributed by atoms with Crippen LogP contribution in [0.5, 0.6) is 5.75 Å². The van der Waals surface area contributed by atoms with E-state index < -0.39 is 0 Å². The number of methoxy groups -OCH3 is 1. The van der Waals surface area contributed by atoms with Crippen LogP contribution in [-0.4, -0.2) is 17.2 Å². The third-order valence-corrected chi connectivity index (χ3v) is 4.01. The van der Waals surface area contributed by atoms with Crippen LogP contribution in [0.1, 0.15) is 5.56 Å². The minimum absolute atomic E-state index is 0.197. The van der Waals surface area contributed by atoms with Gasteiger partial charge in [-0.05, 0) is 6.07 Å². The van der Waals surface area contributed by atoms with E-state index in [-0.39, 0.29) is 11.6 Å². The van der Waals surface area contributed by atoms with E-state index in [2.05, 4.69) is 4.98 Å². The summed E-state index contributed by atoms with van der Waals surface area (Å²) >= 11 is 18.1. The summed E-state index contributed by atoms with van der Waals surface area (Å²) in [6, 6.07) is 3.37. The van der Waals surface area contributed by atoms with Gasteiger partial charge in [-0.1, -0.05) is 40.9 Å². The molecule has 0 aliphatic heterocycles. The van der Waals surface area contributed by atoms with Crippen LogP contribution in [0, 0.1) is 0 Å². The van der Waals surface area contributed by atoms with Gasteiger partial charge in [0.15, 0.2) is 0 Å². The van der Waals surface area contributed by atoms with Crippen molar-refractivity contribution in [3.8, 4) is 16.9 Å². The Morgan fingerprint density at radius 3 is 2.47 bits per heavy atom. The lowest BCUT2D eigenvalue weighted by atomic mass is 10.0. The summed E-state index contributed by atoms with van der Waals surface area (Å²) in [6.07, 6.45) is 3.13. The summed E-state index contributed by atoms with van der Waals surface area (Å²) < 4.78 is 5.17. The maximum absolute atomic E-state index is 9.50. The van der Waals surface area contributed by atoms with Gasteiger partial charge in [-0.3, -0.25) is 4.98 Å². The summed E-state index contributed by atoms with van der Waals surface area (Å²) in [5.41, 5.74) is 1.90. The molecule has 0 amide bonds. The SMILES string of the molecule is COc1cncc(-c2ccc(Cl)c(Cl)c2Cl)c1CO. The van der Waals surface area contributed by atoms with Crippen LogP contribution >= 0.6 is 34.8 Å². The molecule has 0 aliphatic rings. The third kappa shape index (κ3) is 2.65. The number of aliphatic hydroxyl groups excluding tert-OH is 1. The second-order valence-corrected chi connectivity index (χ2v) is 4.91. The Hall–Kier alpha value is -1.000. The summed E-state index contributed by atoms with van der Waals surface area (Å²) in [7, 11) is 1.51. The lowest BCUT2D eigenvalue weighted by Crippen LogP contribution is -1.97. The molecule has 6 heteroatoms. The molecule has 0 radical (unpaired) electrons. The Balaban J connectivity index is 2.69. The van der Waals surface area contributed by atoms with Gasteiger partial charge < -0.3 is 9.84 Å². The van der Waals surface area contributed by atoms with Crippen molar-refractivity contribution in [2.45, 2.75) is 6.61 Å². The van der Waals surface area contributed by atoms with Crippen molar-refractivity contribution in [3.05, 3.63) is 45.2 Å². The van der Waals surface area contributed by atoms with Crippen molar-refractivity contribution < 1.29 is 9.84 Å². The number of ether oxygens (including phenoxy) is 1. The van der Waals surface area contributed by atoms with Crippen LogP contribution in [0.3, 0.4) is 0 Å². The largest absolute Gasteiger partial charge is 0.495 e. The standard InChI is InChI=1S/C13H10Cl3NO2/c1-19-11-5-17-4-8(9(11)6-18)7-2-3-10(14)13(16)12(7)15/h2-5,18H,6H2,1H3. The van der Waals surface area contributed by atoms with E-state index in [1.54, 1.807) is 18.3 Å². The van der Waals surface area contributed by atoms with Gasteiger partial charge in [0.2, 0.25) is 0 Å². The fourth-order valence-electron chi connectivity index (χ4n) is 1.77. The second kappa shape index (κ2) is 5.97. The van der Waals surface area contributed by atoms with Gasteiger partial charge in [0.1, 0.15) is 5.75 Å². The molecule has 1 heterocycles. The average Bonchev–Trinajstić information content (AvgIpc) is 2.44. The van der Waals surface area contributed by atoms with E-state index in [0.29, 0.717) is 32.5 Å². The molecule has 1 aromatic heterocycles. The number of nitrogens with zero attached hydrogens (tertiary/aromatic N) is 1. The first-order chi connectivity index (χ1) is 9.10. The molecule has 2 aromatic rings. The Morgan fingerprint density at radius 2 is 1.84 bits per heavy atom. The molecule has 0 aliphatic carbocycles. The normalized spacial score (nSPS) is 10.6. The van der Waals surface area contributed by atoms with E-state index >= 15 is 0 Å². The molecule has 100 valence electrons. The fraction of sp³-hybridized carbons (Fsp3) is 0.154. The zero-order chi connectivity index (χ0) is 14.0. The van der Waals surface area contributed by atoms with Gasteiger partial charge in [-0.15, -0.1) is 0 Å². The van der Waals surface area contributed by atoms with Gasteiger partial charge in [0.05, 0.1) is 35.0 Å². The molecule has 2 rings (SSSR count). The van der Waals surface area contributed by atoms with Gasteiger partial charge in [-0.2, -0.15) is 0 Å². The molecule has 0 fully saturated rings. The molecule has 0 bridgehead atoms. The molecule has 0 atom stereocenters. The maximum atomic E-state index is 9.50. The van der Waals surface area contributed by atoms with Crippen LogP contribution in [0.2, 0.25) is 15.1 Å². The van der Waals surface area contributed by atoms with Gasteiger partial charge >= 0.3 is 0 Å². The monoisotopic (exact) mass is 317 g/mol. The Kier molecular flexibility index (Phi) is 4.53. The van der Waals surface area contributed by atoms with E-state index in [0.717, 1.165) is 0 Å². The third-order valence-electron chi connectivity index (χ3n) is 2.72. The smallest absolute Gasteiger partial charge is 0.143 e. The Morgan fingerprint density at radius 1 is 1.11 bits per heavy atom. The topological polar surface area (TPSA) is 42.4 Å². The fourth-order valence-corrected chi connectivity index (χ4v) is 2.41. The molecule has 0 saturated carbocycles. The molecular weight excluding hydrogens is 309 g/mol. The minimum Gasteiger partial charge on any atom is -0.495 e. The summed E-state index contributed by atoms with van der Waals surface area (Å²) in [4.78, 5) is 4.06. The lowest BCUT2D eigenvalue weighted by Gasteiger charge is -2.13. The molecule has 1 aromatic carbocycles. The van der Waals surface area contributed by atoms with E-state index in [4.69, 9.17) is 39.5 Å². The second-order valence-electron chi connectivity index (χ2n) is 3.75. The molecule has 3 nitrogen and oxygen atoms in total. The highest BCUT2D eigenvalue weighted by Gasteiger charge is 2.16. The predicted molar refractivity (Wildman–Crippen MR) is 77.2 cm³/mol. The summed E-state index contributed by atoms with van der Waals surface area (Å²) in [5.74, 6) is 0.488. The Labute approximate surface area is 125 Å². The number of halogens is 3. The maximum Gasteiger partial charge on any atom is 0.143 e. The first kappa shape index (κ1) is 14.4. The number of hydrogen-bond donors (Lipinski definition) is 1. The molecule has 0 saturated heterocycles. The first-order valence-corrected chi connectivity index (χ1v) is 6.49. The van der Waals surface area contributed by atoms with Crippen LogP contribution in [0.15, 0.2) is 24.5 Å². The first-order valence-electron chi connectivity index (χ1n) is 5.35.